The Morgan fingerprint density at radius 1 is 0.706 bits per heavy atom. The molecule has 0 radical (unpaired) electrons. The van der Waals surface area contributed by atoms with E-state index in [1.54, 1.807) is 43.3 Å². The Morgan fingerprint density at radius 2 is 1.20 bits per heavy atom. The molecule has 14 nitrogen and oxygen atoms in total. The van der Waals surface area contributed by atoms with E-state index in [9.17, 15) is 28.8 Å². The Labute approximate surface area is 304 Å². The minimum absolute atomic E-state index is 0.0101. The van der Waals surface area contributed by atoms with Gasteiger partial charge in [0.1, 0.15) is 30.2 Å². The van der Waals surface area contributed by atoms with E-state index in [-0.39, 0.29) is 25.2 Å². The normalized spacial score (nSPS) is 14.6. The quantitative estimate of drug-likeness (QED) is 0.0877. The van der Waals surface area contributed by atoms with Crippen LogP contribution in [-0.4, -0.2) is 97.4 Å². The highest BCUT2D eigenvalue weighted by molar-refractivity contribution is 7.98. The van der Waals surface area contributed by atoms with Crippen LogP contribution in [0.15, 0.2) is 60.7 Å². The molecule has 51 heavy (non-hydrogen) atoms. The van der Waals surface area contributed by atoms with Crippen LogP contribution in [0.5, 0.6) is 0 Å². The Bertz CT molecular complexity index is 1430. The molecule has 6 atom stereocenters. The lowest BCUT2D eigenvalue weighted by atomic mass is 10.0. The van der Waals surface area contributed by atoms with Gasteiger partial charge < -0.3 is 42.8 Å². The summed E-state index contributed by atoms with van der Waals surface area (Å²) in [6.45, 7) is 4.89. The van der Waals surface area contributed by atoms with Crippen LogP contribution in [0.3, 0.4) is 0 Å². The van der Waals surface area contributed by atoms with E-state index in [0.717, 1.165) is 11.1 Å². The van der Waals surface area contributed by atoms with Crippen LogP contribution in [0, 0.1) is 5.92 Å². The predicted molar refractivity (Wildman–Crippen MR) is 197 cm³/mol. The van der Waals surface area contributed by atoms with Crippen LogP contribution < -0.4 is 38.1 Å². The molecule has 0 fully saturated rings. The van der Waals surface area contributed by atoms with Crippen molar-refractivity contribution in [1.82, 2.24) is 26.6 Å². The van der Waals surface area contributed by atoms with E-state index in [4.69, 9.17) is 16.2 Å². The molecule has 2 aromatic rings. The molecular formula is C36H53N7O7S. The lowest BCUT2D eigenvalue weighted by molar-refractivity contribution is -0.134. The number of thioether (sulfide) groups is 1. The van der Waals surface area contributed by atoms with Gasteiger partial charge in [0.2, 0.25) is 35.4 Å². The van der Waals surface area contributed by atoms with Gasteiger partial charge >= 0.3 is 0 Å². The lowest BCUT2D eigenvalue weighted by Gasteiger charge is -2.26. The lowest BCUT2D eigenvalue weighted by Crippen LogP contribution is -2.59. The number of benzene rings is 2. The molecular weight excluding hydrogens is 675 g/mol. The minimum Gasteiger partial charge on any atom is -0.380 e. The zero-order chi connectivity index (χ0) is 37.9. The maximum atomic E-state index is 13.8. The second-order valence-corrected chi connectivity index (χ2v) is 13.7. The summed E-state index contributed by atoms with van der Waals surface area (Å²) >= 11 is 1.50. The molecule has 0 heterocycles. The van der Waals surface area contributed by atoms with Crippen molar-refractivity contribution in [3.05, 3.63) is 71.8 Å². The third-order valence-corrected chi connectivity index (χ3v) is 8.71. The fraction of sp³-hybridized carbons (Fsp3) is 0.500. The predicted octanol–water partition coefficient (Wildman–Crippen LogP) is 0.174. The molecule has 2 rings (SSSR count). The van der Waals surface area contributed by atoms with Crippen molar-refractivity contribution < 1.29 is 33.5 Å². The number of primary amides is 1. The number of rotatable bonds is 22. The Kier molecular flexibility index (Phi) is 18.7. The Morgan fingerprint density at radius 3 is 1.69 bits per heavy atom. The summed E-state index contributed by atoms with van der Waals surface area (Å²) < 4.78 is 5.18. The zero-order valence-corrected chi connectivity index (χ0v) is 30.8. The van der Waals surface area contributed by atoms with Crippen molar-refractivity contribution in [2.24, 2.45) is 17.4 Å². The molecule has 0 bridgehead atoms. The van der Waals surface area contributed by atoms with Crippen LogP contribution in [0.2, 0.25) is 0 Å². The van der Waals surface area contributed by atoms with E-state index < -0.39 is 78.3 Å². The average molecular weight is 728 g/mol. The Balaban J connectivity index is 2.22. The summed E-state index contributed by atoms with van der Waals surface area (Å²) in [5.74, 6) is -3.18. The number of hydrogen-bond acceptors (Lipinski definition) is 9. The fourth-order valence-corrected chi connectivity index (χ4v) is 5.52. The summed E-state index contributed by atoms with van der Waals surface area (Å²) in [4.78, 5) is 78.4. The highest BCUT2D eigenvalue weighted by Crippen LogP contribution is 2.09. The molecule has 280 valence electrons. The summed E-state index contributed by atoms with van der Waals surface area (Å²) in [6, 6.07) is 12.9. The molecule has 0 aliphatic carbocycles. The molecule has 0 saturated carbocycles. The molecule has 0 spiro atoms. The number of nitrogens with two attached hydrogens (primary N) is 2. The number of hydrogen-bond donors (Lipinski definition) is 7. The largest absolute Gasteiger partial charge is 0.380 e. The van der Waals surface area contributed by atoms with Crippen LogP contribution >= 0.6 is 11.8 Å². The molecule has 15 heteroatoms. The SMILES string of the molecule is CO[C@H](C)[C@H](N)C(=O)N[C@@H](Cc1ccccc1)C(=O)N[C@@H](Cc1ccccc1)C(=O)NCC(=O)N[C@@H](CC(C)C)C(=O)N[C@@H](CCSC)C(N)=O. The molecule has 0 aliphatic heterocycles. The second kappa shape index (κ2) is 22.4. The van der Waals surface area contributed by atoms with E-state index in [0.29, 0.717) is 12.2 Å². The van der Waals surface area contributed by atoms with Crippen molar-refractivity contribution in [3.8, 4) is 0 Å². The van der Waals surface area contributed by atoms with Gasteiger partial charge in [0.25, 0.3) is 0 Å². The van der Waals surface area contributed by atoms with E-state index in [1.807, 2.05) is 44.4 Å². The number of methoxy groups -OCH3 is 1. The van der Waals surface area contributed by atoms with Crippen molar-refractivity contribution in [1.29, 1.82) is 0 Å². The molecule has 2 aromatic carbocycles. The smallest absolute Gasteiger partial charge is 0.243 e. The maximum absolute atomic E-state index is 13.8. The van der Waals surface area contributed by atoms with E-state index in [1.165, 1.54) is 18.9 Å². The minimum atomic E-state index is -1.14. The first kappa shape index (κ1) is 42.7. The molecule has 0 aromatic heterocycles. The first-order valence-corrected chi connectivity index (χ1v) is 18.3. The summed E-state index contributed by atoms with van der Waals surface area (Å²) in [7, 11) is 1.42. The van der Waals surface area contributed by atoms with Crippen LogP contribution in [-0.2, 0) is 46.3 Å². The van der Waals surface area contributed by atoms with Crippen LogP contribution in [0.4, 0.5) is 0 Å². The zero-order valence-electron chi connectivity index (χ0n) is 30.0. The summed E-state index contributed by atoms with van der Waals surface area (Å²) in [5.41, 5.74) is 13.0. The molecule has 9 N–H and O–H groups in total. The van der Waals surface area contributed by atoms with Gasteiger partial charge in [-0.3, -0.25) is 28.8 Å². The van der Waals surface area contributed by atoms with E-state index >= 15 is 0 Å². The van der Waals surface area contributed by atoms with Gasteiger partial charge in [-0.2, -0.15) is 11.8 Å². The summed E-state index contributed by atoms with van der Waals surface area (Å²) in [5, 5.41) is 13.3. The number of carbonyl (C=O) groups is 6. The molecule has 0 saturated heterocycles. The highest BCUT2D eigenvalue weighted by atomic mass is 32.2. The fourth-order valence-electron chi connectivity index (χ4n) is 5.05. The number of amides is 6. The summed E-state index contributed by atoms with van der Waals surface area (Å²) in [6.07, 6.45) is 2.05. The number of nitrogens with one attached hydrogen (secondary N) is 5. The van der Waals surface area contributed by atoms with Crippen molar-refractivity contribution >= 4 is 47.2 Å². The standard InChI is InChI=1S/C36H53N7O7S/c1-22(2)18-27(34(47)41-26(32(38)45)16-17-51-5)40-30(44)21-39-33(46)28(19-24-12-8-6-9-13-24)42-35(48)29(20-25-14-10-7-11-15-25)43-36(49)31(37)23(3)50-4/h6-15,22-23,26-29,31H,16-21,37H2,1-5H3,(H2,38,45)(H,39,46)(H,40,44)(H,41,47)(H,42,48)(H,43,49)/t23-,26+,27+,28+,29+,31+/m1/s1. The van der Waals surface area contributed by atoms with E-state index in [2.05, 4.69) is 26.6 Å². The molecule has 0 aliphatic rings. The monoisotopic (exact) mass is 727 g/mol. The first-order chi connectivity index (χ1) is 24.2. The number of ether oxygens (including phenoxy) is 1. The second-order valence-electron chi connectivity index (χ2n) is 12.7. The maximum Gasteiger partial charge on any atom is 0.243 e. The van der Waals surface area contributed by atoms with Gasteiger partial charge in [-0.25, -0.2) is 0 Å². The van der Waals surface area contributed by atoms with Gasteiger partial charge in [0.15, 0.2) is 0 Å². The molecule has 6 amide bonds. The van der Waals surface area contributed by atoms with Crippen LogP contribution in [0.25, 0.3) is 0 Å². The van der Waals surface area contributed by atoms with Gasteiger partial charge in [-0.15, -0.1) is 0 Å². The van der Waals surface area contributed by atoms with Gasteiger partial charge in [0, 0.05) is 20.0 Å². The molecule has 0 unspecified atom stereocenters. The average Bonchev–Trinajstić information content (AvgIpc) is 3.11. The third-order valence-electron chi connectivity index (χ3n) is 8.06. The highest BCUT2D eigenvalue weighted by Gasteiger charge is 2.31. The Hall–Kier alpha value is -4.47. The topological polar surface area (TPSA) is 224 Å². The first-order valence-electron chi connectivity index (χ1n) is 16.9. The van der Waals surface area contributed by atoms with Gasteiger partial charge in [-0.1, -0.05) is 74.5 Å². The third kappa shape index (κ3) is 15.5. The van der Waals surface area contributed by atoms with Gasteiger partial charge in [0.05, 0.1) is 12.6 Å². The van der Waals surface area contributed by atoms with Gasteiger partial charge in [-0.05, 0) is 48.8 Å². The van der Waals surface area contributed by atoms with Crippen molar-refractivity contribution in [2.45, 2.75) is 82.8 Å². The van der Waals surface area contributed by atoms with Crippen molar-refractivity contribution in [2.75, 3.05) is 25.7 Å². The number of carbonyl (C=O) groups excluding carboxylic acids is 6. The van der Waals surface area contributed by atoms with Crippen molar-refractivity contribution in [3.63, 3.8) is 0 Å². The van der Waals surface area contributed by atoms with Crippen LogP contribution in [0.1, 0.15) is 44.7 Å².